The van der Waals surface area contributed by atoms with Crippen molar-refractivity contribution in [1.82, 2.24) is 14.7 Å². The Morgan fingerprint density at radius 2 is 1.95 bits per heavy atom. The molecule has 0 radical (unpaired) electrons. The minimum Gasteiger partial charge on any atom is -0.305 e. The smallest absolute Gasteiger partial charge is 0.185 e. The largest absolute Gasteiger partial charge is 0.305 e. The summed E-state index contributed by atoms with van der Waals surface area (Å²) < 4.78 is 1.73. The third kappa shape index (κ3) is 3.65. The average Bonchev–Trinajstić information content (AvgIpc) is 2.82. The van der Waals surface area contributed by atoms with E-state index in [1.807, 2.05) is 51.5 Å². The van der Waals surface area contributed by atoms with Gasteiger partial charge < -0.3 is 4.90 Å². The van der Waals surface area contributed by atoms with Gasteiger partial charge in [-0.1, -0.05) is 24.3 Å². The van der Waals surface area contributed by atoms with Crippen LogP contribution in [0.2, 0.25) is 0 Å². The van der Waals surface area contributed by atoms with Gasteiger partial charge >= 0.3 is 0 Å². The predicted octanol–water partition coefficient (Wildman–Crippen LogP) is 2.38. The highest BCUT2D eigenvalue weighted by molar-refractivity contribution is 6.06. The molecule has 0 atom stereocenters. The van der Waals surface area contributed by atoms with E-state index in [1.165, 1.54) is 5.56 Å². The van der Waals surface area contributed by atoms with Gasteiger partial charge in [0.05, 0.1) is 5.69 Å². The molecule has 4 heteroatoms. The number of carbonyl (C=O) groups is 1. The summed E-state index contributed by atoms with van der Waals surface area (Å²) in [5.41, 5.74) is 2.80. The van der Waals surface area contributed by atoms with E-state index in [0.717, 1.165) is 12.2 Å². The minimum absolute atomic E-state index is 0.00241. The van der Waals surface area contributed by atoms with Gasteiger partial charge in [-0.15, -0.1) is 0 Å². The van der Waals surface area contributed by atoms with E-state index in [0.29, 0.717) is 5.56 Å². The number of nitrogens with zero attached hydrogens (tertiary/aromatic N) is 3. The molecule has 104 valence electrons. The molecule has 0 aliphatic heterocycles. The topological polar surface area (TPSA) is 38.1 Å². The zero-order valence-corrected chi connectivity index (χ0v) is 12.1. The number of aryl methyl sites for hydroxylation is 1. The number of ketones is 1. The molecule has 4 nitrogen and oxygen atoms in total. The summed E-state index contributed by atoms with van der Waals surface area (Å²) >= 11 is 0. The Morgan fingerprint density at radius 1 is 1.25 bits per heavy atom. The van der Waals surface area contributed by atoms with Gasteiger partial charge in [-0.25, -0.2) is 0 Å². The Morgan fingerprint density at radius 3 is 2.50 bits per heavy atom. The van der Waals surface area contributed by atoms with Gasteiger partial charge in [0.2, 0.25) is 0 Å². The Balaban J connectivity index is 2.06. The van der Waals surface area contributed by atoms with Crippen LogP contribution in [0.5, 0.6) is 0 Å². The van der Waals surface area contributed by atoms with Crippen LogP contribution >= 0.6 is 0 Å². The number of benzene rings is 1. The maximum absolute atomic E-state index is 12.1. The van der Waals surface area contributed by atoms with Crippen LogP contribution in [-0.2, 0) is 13.6 Å². The van der Waals surface area contributed by atoms with Crippen molar-refractivity contribution < 1.29 is 4.79 Å². The van der Waals surface area contributed by atoms with Crippen molar-refractivity contribution in [3.8, 4) is 0 Å². The average molecular weight is 269 g/mol. The second-order valence-corrected chi connectivity index (χ2v) is 5.01. The van der Waals surface area contributed by atoms with Crippen molar-refractivity contribution in [2.45, 2.75) is 6.54 Å². The van der Waals surface area contributed by atoms with Gasteiger partial charge in [-0.2, -0.15) is 5.10 Å². The minimum atomic E-state index is 0.00241. The molecule has 1 aromatic carbocycles. The third-order valence-electron chi connectivity index (χ3n) is 3.00. The highest BCUT2D eigenvalue weighted by atomic mass is 16.1. The molecule has 1 aromatic heterocycles. The highest BCUT2D eigenvalue weighted by Crippen LogP contribution is 2.08. The van der Waals surface area contributed by atoms with E-state index in [-0.39, 0.29) is 5.78 Å². The van der Waals surface area contributed by atoms with Crippen LogP contribution in [0.25, 0.3) is 6.08 Å². The van der Waals surface area contributed by atoms with Gasteiger partial charge in [-0.05, 0) is 37.9 Å². The van der Waals surface area contributed by atoms with Crippen molar-refractivity contribution >= 4 is 11.9 Å². The monoisotopic (exact) mass is 269 g/mol. The maximum atomic E-state index is 12.1. The molecule has 0 spiro atoms. The summed E-state index contributed by atoms with van der Waals surface area (Å²) in [7, 11) is 5.89. The van der Waals surface area contributed by atoms with E-state index < -0.39 is 0 Å². The fraction of sp³-hybridized carbons (Fsp3) is 0.250. The molecule has 20 heavy (non-hydrogen) atoms. The van der Waals surface area contributed by atoms with Crippen LogP contribution in [0.3, 0.4) is 0 Å². The number of hydrogen-bond acceptors (Lipinski definition) is 3. The molecule has 0 saturated heterocycles. The van der Waals surface area contributed by atoms with Crippen molar-refractivity contribution in [2.75, 3.05) is 14.1 Å². The number of hydrogen-bond donors (Lipinski definition) is 0. The maximum Gasteiger partial charge on any atom is 0.185 e. The van der Waals surface area contributed by atoms with Gasteiger partial charge in [-0.3, -0.25) is 9.48 Å². The number of carbonyl (C=O) groups excluding carboxylic acids is 1. The molecule has 0 bridgehead atoms. The van der Waals surface area contributed by atoms with E-state index >= 15 is 0 Å². The molecule has 0 unspecified atom stereocenters. The lowest BCUT2D eigenvalue weighted by atomic mass is 10.1. The van der Waals surface area contributed by atoms with Crippen molar-refractivity contribution in [1.29, 1.82) is 0 Å². The summed E-state index contributed by atoms with van der Waals surface area (Å²) in [6.07, 6.45) is 5.07. The van der Waals surface area contributed by atoms with Crippen LogP contribution in [0.4, 0.5) is 0 Å². The first kappa shape index (κ1) is 14.2. The second kappa shape index (κ2) is 6.30. The quantitative estimate of drug-likeness (QED) is 0.618. The first-order chi connectivity index (χ1) is 9.56. The molecule has 1 heterocycles. The van der Waals surface area contributed by atoms with Crippen LogP contribution < -0.4 is 0 Å². The van der Waals surface area contributed by atoms with Crippen molar-refractivity contribution in [3.63, 3.8) is 0 Å². The number of rotatable bonds is 5. The van der Waals surface area contributed by atoms with Crippen molar-refractivity contribution in [3.05, 3.63) is 59.4 Å². The molecule has 0 amide bonds. The summed E-state index contributed by atoms with van der Waals surface area (Å²) in [6.45, 7) is 0.874. The zero-order valence-electron chi connectivity index (χ0n) is 12.1. The van der Waals surface area contributed by atoms with E-state index in [4.69, 9.17) is 0 Å². The fourth-order valence-electron chi connectivity index (χ4n) is 1.94. The van der Waals surface area contributed by atoms with E-state index in [1.54, 1.807) is 23.0 Å². The molecular weight excluding hydrogens is 250 g/mol. The molecular formula is C16H19N3O. The Bertz CT molecular complexity index is 609. The third-order valence-corrected chi connectivity index (χ3v) is 3.00. The van der Waals surface area contributed by atoms with E-state index in [2.05, 4.69) is 10.00 Å². The standard InChI is InChI=1S/C16H19N3O/c1-18(2)12-13-4-6-14(7-5-13)16(20)9-8-15-10-11-17-19(15)3/h4-11H,12H2,1-3H3. The molecule has 0 aliphatic carbocycles. The predicted molar refractivity (Wildman–Crippen MR) is 80.4 cm³/mol. The molecule has 0 saturated carbocycles. The molecule has 0 aliphatic rings. The summed E-state index contributed by atoms with van der Waals surface area (Å²) in [6, 6.07) is 9.59. The van der Waals surface area contributed by atoms with E-state index in [9.17, 15) is 4.79 Å². The summed E-state index contributed by atoms with van der Waals surface area (Å²) in [4.78, 5) is 14.2. The normalized spacial score (nSPS) is 11.4. The first-order valence-corrected chi connectivity index (χ1v) is 6.50. The molecule has 2 rings (SSSR count). The SMILES string of the molecule is CN(C)Cc1ccc(C(=O)C=Cc2ccnn2C)cc1. The summed E-state index contributed by atoms with van der Waals surface area (Å²) in [5, 5.41) is 4.06. The second-order valence-electron chi connectivity index (χ2n) is 5.01. The summed E-state index contributed by atoms with van der Waals surface area (Å²) in [5.74, 6) is 0.00241. The Labute approximate surface area is 119 Å². The van der Waals surface area contributed by atoms with Crippen LogP contribution in [0, 0.1) is 0 Å². The van der Waals surface area contributed by atoms with Crippen molar-refractivity contribution in [2.24, 2.45) is 7.05 Å². The molecule has 2 aromatic rings. The van der Waals surface area contributed by atoms with Gasteiger partial charge in [0, 0.05) is 25.4 Å². The number of aromatic nitrogens is 2. The first-order valence-electron chi connectivity index (χ1n) is 6.50. The highest BCUT2D eigenvalue weighted by Gasteiger charge is 2.03. The fourth-order valence-corrected chi connectivity index (χ4v) is 1.94. The Kier molecular flexibility index (Phi) is 4.48. The Hall–Kier alpha value is -2.20. The lowest BCUT2D eigenvalue weighted by molar-refractivity contribution is 0.104. The van der Waals surface area contributed by atoms with Gasteiger partial charge in [0.15, 0.2) is 5.78 Å². The number of allylic oxidation sites excluding steroid dienone is 1. The van der Waals surface area contributed by atoms with Crippen LogP contribution in [-0.4, -0.2) is 34.6 Å². The zero-order chi connectivity index (χ0) is 14.5. The van der Waals surface area contributed by atoms with Gasteiger partial charge in [0.25, 0.3) is 0 Å². The molecule has 0 fully saturated rings. The molecule has 0 N–H and O–H groups in total. The van der Waals surface area contributed by atoms with Gasteiger partial charge in [0.1, 0.15) is 0 Å². The van der Waals surface area contributed by atoms with Crippen LogP contribution in [0.1, 0.15) is 21.6 Å². The van der Waals surface area contributed by atoms with Crippen LogP contribution in [0.15, 0.2) is 42.6 Å². The lowest BCUT2D eigenvalue weighted by Crippen LogP contribution is -2.10. The lowest BCUT2D eigenvalue weighted by Gasteiger charge is -2.09.